The number of ketones is 1. The van der Waals surface area contributed by atoms with Crippen LogP contribution in [0.25, 0.3) is 0 Å². The molecule has 1 aliphatic rings. The molecule has 0 atom stereocenters. The lowest BCUT2D eigenvalue weighted by Crippen LogP contribution is -2.31. The van der Waals surface area contributed by atoms with E-state index < -0.39 is 0 Å². The van der Waals surface area contributed by atoms with E-state index in [0.717, 1.165) is 25.1 Å². The normalized spacial score (nSPS) is 14.5. The predicted molar refractivity (Wildman–Crippen MR) is 73.4 cm³/mol. The molecular formula is C15H20FNO2. The fourth-order valence-electron chi connectivity index (χ4n) is 2.26. The number of hydrogen-bond acceptors (Lipinski definition) is 3. The Hall–Kier alpha value is -1.42. The van der Waals surface area contributed by atoms with Gasteiger partial charge >= 0.3 is 0 Å². The number of ether oxygens (including phenoxy) is 1. The van der Waals surface area contributed by atoms with E-state index in [1.54, 1.807) is 20.1 Å². The van der Waals surface area contributed by atoms with Crippen molar-refractivity contribution in [1.29, 1.82) is 0 Å². The Balaban J connectivity index is 2.39. The first-order valence-electron chi connectivity index (χ1n) is 6.61. The Bertz CT molecular complexity index is 483. The molecule has 0 spiro atoms. The first kappa shape index (κ1) is 14.0. The van der Waals surface area contributed by atoms with Crippen molar-refractivity contribution in [3.63, 3.8) is 0 Å². The van der Waals surface area contributed by atoms with Gasteiger partial charge < -0.3 is 9.64 Å². The number of anilines is 1. The maximum absolute atomic E-state index is 13.7. The molecule has 0 radical (unpaired) electrons. The van der Waals surface area contributed by atoms with E-state index >= 15 is 0 Å². The lowest BCUT2D eigenvalue weighted by molar-refractivity contribution is 0.101. The predicted octanol–water partition coefficient (Wildman–Crippen LogP) is 2.95. The number of carbonyl (C=O) groups excluding carboxylic acids is 1. The number of halogens is 1. The lowest BCUT2D eigenvalue weighted by Gasteiger charge is -2.27. The second-order valence-corrected chi connectivity index (χ2v) is 5.09. The maximum Gasteiger partial charge on any atom is 0.161 e. The van der Waals surface area contributed by atoms with Crippen molar-refractivity contribution in [2.24, 2.45) is 0 Å². The number of nitrogens with zero attached hydrogens (tertiary/aromatic N) is 1. The molecule has 1 aromatic carbocycles. The standard InChI is InChI=1S/C15H20FNO2/c1-10-8-15(13(11(2)18)9-14(10)16)17(6-7-19-3)12-4-5-12/h8-9,12H,4-7H2,1-3H3. The summed E-state index contributed by atoms with van der Waals surface area (Å²) in [6.45, 7) is 4.54. The minimum Gasteiger partial charge on any atom is -0.383 e. The molecule has 19 heavy (non-hydrogen) atoms. The summed E-state index contributed by atoms with van der Waals surface area (Å²) >= 11 is 0. The Morgan fingerprint density at radius 1 is 1.47 bits per heavy atom. The van der Waals surface area contributed by atoms with E-state index in [0.29, 0.717) is 23.8 Å². The Morgan fingerprint density at radius 3 is 2.68 bits per heavy atom. The van der Waals surface area contributed by atoms with Crippen LogP contribution in [0.15, 0.2) is 12.1 Å². The summed E-state index contributed by atoms with van der Waals surface area (Å²) in [7, 11) is 1.66. The summed E-state index contributed by atoms with van der Waals surface area (Å²) in [5.41, 5.74) is 1.88. The SMILES string of the molecule is COCCN(c1cc(C)c(F)cc1C(C)=O)C1CC1. The van der Waals surface area contributed by atoms with Gasteiger partial charge in [0.25, 0.3) is 0 Å². The highest BCUT2D eigenvalue weighted by molar-refractivity contribution is 6.00. The third kappa shape index (κ3) is 3.13. The zero-order valence-corrected chi connectivity index (χ0v) is 11.7. The highest BCUT2D eigenvalue weighted by atomic mass is 19.1. The van der Waals surface area contributed by atoms with Crippen LogP contribution in [0.5, 0.6) is 0 Å². The van der Waals surface area contributed by atoms with Gasteiger partial charge in [-0.05, 0) is 44.4 Å². The van der Waals surface area contributed by atoms with Crippen molar-refractivity contribution in [3.05, 3.63) is 29.1 Å². The number of aryl methyl sites for hydroxylation is 1. The highest BCUT2D eigenvalue weighted by Gasteiger charge is 2.31. The Kier molecular flexibility index (Phi) is 4.20. The number of hydrogen-bond donors (Lipinski definition) is 0. The minimum atomic E-state index is -0.323. The van der Waals surface area contributed by atoms with Gasteiger partial charge in [-0.2, -0.15) is 0 Å². The van der Waals surface area contributed by atoms with E-state index in [9.17, 15) is 9.18 Å². The second-order valence-electron chi connectivity index (χ2n) is 5.09. The van der Waals surface area contributed by atoms with Crippen molar-refractivity contribution in [2.45, 2.75) is 32.7 Å². The van der Waals surface area contributed by atoms with Gasteiger partial charge in [0, 0.05) is 30.9 Å². The van der Waals surface area contributed by atoms with Crippen LogP contribution in [0, 0.1) is 12.7 Å². The molecule has 1 saturated carbocycles. The van der Waals surface area contributed by atoms with Crippen molar-refractivity contribution < 1.29 is 13.9 Å². The Labute approximate surface area is 113 Å². The fourth-order valence-corrected chi connectivity index (χ4v) is 2.26. The smallest absolute Gasteiger partial charge is 0.161 e. The number of methoxy groups -OCH3 is 1. The van der Waals surface area contributed by atoms with Crippen LogP contribution in [-0.2, 0) is 4.74 Å². The molecule has 1 aliphatic carbocycles. The first-order chi connectivity index (χ1) is 9.04. The minimum absolute atomic E-state index is 0.100. The van der Waals surface area contributed by atoms with Gasteiger partial charge in [0.1, 0.15) is 5.82 Å². The molecule has 0 amide bonds. The van der Waals surface area contributed by atoms with Gasteiger partial charge in [0.2, 0.25) is 0 Å². The van der Waals surface area contributed by atoms with Crippen LogP contribution < -0.4 is 4.90 Å². The summed E-state index contributed by atoms with van der Waals surface area (Å²) < 4.78 is 18.8. The zero-order chi connectivity index (χ0) is 14.0. The molecule has 0 heterocycles. The zero-order valence-electron chi connectivity index (χ0n) is 11.7. The third-order valence-electron chi connectivity index (χ3n) is 3.49. The third-order valence-corrected chi connectivity index (χ3v) is 3.49. The molecular weight excluding hydrogens is 245 g/mol. The van der Waals surface area contributed by atoms with Crippen LogP contribution in [0.3, 0.4) is 0 Å². The first-order valence-corrected chi connectivity index (χ1v) is 6.61. The highest BCUT2D eigenvalue weighted by Crippen LogP contribution is 2.34. The molecule has 104 valence electrons. The molecule has 2 rings (SSSR count). The molecule has 3 nitrogen and oxygen atoms in total. The number of benzene rings is 1. The van der Waals surface area contributed by atoms with Crippen molar-refractivity contribution in [2.75, 3.05) is 25.2 Å². The number of carbonyl (C=O) groups is 1. The van der Waals surface area contributed by atoms with E-state index in [-0.39, 0.29) is 11.6 Å². The maximum atomic E-state index is 13.7. The summed E-state index contributed by atoms with van der Waals surface area (Å²) in [5.74, 6) is -0.423. The Morgan fingerprint density at radius 2 is 2.16 bits per heavy atom. The van der Waals surface area contributed by atoms with Crippen LogP contribution in [0.1, 0.15) is 35.7 Å². The number of Topliss-reactive ketones (excluding diaryl/α,β-unsaturated/α-hetero) is 1. The van der Waals surface area contributed by atoms with Gasteiger partial charge in [-0.1, -0.05) is 0 Å². The van der Waals surface area contributed by atoms with Crippen LogP contribution in [0.2, 0.25) is 0 Å². The topological polar surface area (TPSA) is 29.5 Å². The van der Waals surface area contributed by atoms with Crippen LogP contribution >= 0.6 is 0 Å². The summed E-state index contributed by atoms with van der Waals surface area (Å²) in [6, 6.07) is 3.59. The molecule has 0 saturated heterocycles. The molecule has 0 unspecified atom stereocenters. The van der Waals surface area contributed by atoms with Crippen LogP contribution in [0.4, 0.5) is 10.1 Å². The van der Waals surface area contributed by atoms with E-state index in [2.05, 4.69) is 4.90 Å². The molecule has 1 aromatic rings. The van der Waals surface area contributed by atoms with Gasteiger partial charge in [0.05, 0.1) is 6.61 Å². The fraction of sp³-hybridized carbons (Fsp3) is 0.533. The number of rotatable bonds is 6. The van der Waals surface area contributed by atoms with E-state index in [1.807, 2.05) is 0 Å². The summed E-state index contributed by atoms with van der Waals surface area (Å²) in [4.78, 5) is 13.9. The average molecular weight is 265 g/mol. The van der Waals surface area contributed by atoms with Crippen molar-refractivity contribution in [3.8, 4) is 0 Å². The van der Waals surface area contributed by atoms with Gasteiger partial charge in [-0.15, -0.1) is 0 Å². The largest absolute Gasteiger partial charge is 0.383 e. The van der Waals surface area contributed by atoms with Gasteiger partial charge in [-0.3, -0.25) is 4.79 Å². The summed E-state index contributed by atoms with van der Waals surface area (Å²) in [6.07, 6.45) is 2.25. The van der Waals surface area contributed by atoms with Crippen LogP contribution in [-0.4, -0.2) is 32.1 Å². The monoisotopic (exact) mass is 265 g/mol. The average Bonchev–Trinajstić information content (AvgIpc) is 3.17. The van der Waals surface area contributed by atoms with Gasteiger partial charge in [0.15, 0.2) is 5.78 Å². The van der Waals surface area contributed by atoms with Crippen molar-refractivity contribution in [1.82, 2.24) is 0 Å². The molecule has 0 aromatic heterocycles. The van der Waals surface area contributed by atoms with E-state index in [1.165, 1.54) is 13.0 Å². The summed E-state index contributed by atoms with van der Waals surface area (Å²) in [5, 5.41) is 0. The quantitative estimate of drug-likeness (QED) is 0.741. The van der Waals surface area contributed by atoms with E-state index in [4.69, 9.17) is 4.74 Å². The molecule has 1 fully saturated rings. The lowest BCUT2D eigenvalue weighted by atomic mass is 10.0. The molecule has 0 N–H and O–H groups in total. The van der Waals surface area contributed by atoms with Crippen molar-refractivity contribution >= 4 is 11.5 Å². The second kappa shape index (κ2) is 5.70. The van der Waals surface area contributed by atoms with Gasteiger partial charge in [-0.25, -0.2) is 4.39 Å². The molecule has 4 heteroatoms. The molecule has 0 bridgehead atoms. The molecule has 0 aliphatic heterocycles.